The zero-order valence-electron chi connectivity index (χ0n) is 14.5. The Labute approximate surface area is 127 Å². The molecule has 1 N–H and O–H groups in total. The zero-order chi connectivity index (χ0) is 15.6. The highest BCUT2D eigenvalue weighted by molar-refractivity contribution is 4.58. The zero-order valence-corrected chi connectivity index (χ0v) is 14.5. The third-order valence-electron chi connectivity index (χ3n) is 3.09. The summed E-state index contributed by atoms with van der Waals surface area (Å²) < 4.78 is 10.7. The molecule has 124 valence electrons. The highest BCUT2D eigenvalue weighted by Crippen LogP contribution is 2.17. The van der Waals surface area contributed by atoms with Gasteiger partial charge in [-0.3, -0.25) is 0 Å². The molecule has 0 spiro atoms. The summed E-state index contributed by atoms with van der Waals surface area (Å²) >= 11 is 0. The summed E-state index contributed by atoms with van der Waals surface area (Å²) in [6, 6.07) is 0. The number of aliphatic hydroxyl groups is 1. The van der Waals surface area contributed by atoms with Crippen LogP contribution < -0.4 is 0 Å². The fourth-order valence-electron chi connectivity index (χ4n) is 2.13. The van der Waals surface area contributed by atoms with Gasteiger partial charge in [0.05, 0.1) is 6.61 Å². The van der Waals surface area contributed by atoms with E-state index in [4.69, 9.17) is 9.47 Å². The van der Waals surface area contributed by atoms with Crippen molar-refractivity contribution < 1.29 is 14.6 Å². The summed E-state index contributed by atoms with van der Waals surface area (Å²) in [4.78, 5) is 0. The van der Waals surface area contributed by atoms with Crippen LogP contribution in [0.3, 0.4) is 0 Å². The van der Waals surface area contributed by atoms with E-state index in [0.29, 0.717) is 19.6 Å². The number of aliphatic hydroxyl groups excluding tert-OH is 1. The Kier molecular flexibility index (Phi) is 20.9. The van der Waals surface area contributed by atoms with Gasteiger partial charge >= 0.3 is 0 Å². The van der Waals surface area contributed by atoms with Gasteiger partial charge in [0, 0.05) is 19.6 Å². The lowest BCUT2D eigenvalue weighted by molar-refractivity contribution is -0.115. The Morgan fingerprint density at radius 1 is 0.750 bits per heavy atom. The first-order valence-corrected chi connectivity index (χ1v) is 8.61. The number of ether oxygens (including phenoxy) is 2. The minimum Gasteiger partial charge on any atom is -0.381 e. The van der Waals surface area contributed by atoms with Crippen molar-refractivity contribution in [2.24, 2.45) is 5.92 Å². The predicted octanol–water partition coefficient (Wildman–Crippen LogP) is 4.77. The van der Waals surface area contributed by atoms with Gasteiger partial charge in [-0.1, -0.05) is 60.3 Å². The summed E-state index contributed by atoms with van der Waals surface area (Å²) in [5, 5.41) is 9.62. The minimum absolute atomic E-state index is 0.576. The molecule has 0 aliphatic heterocycles. The van der Waals surface area contributed by atoms with Crippen molar-refractivity contribution in [1.82, 2.24) is 0 Å². The van der Waals surface area contributed by atoms with Crippen molar-refractivity contribution in [3.05, 3.63) is 0 Å². The molecule has 0 fully saturated rings. The van der Waals surface area contributed by atoms with E-state index in [-0.39, 0.29) is 0 Å². The van der Waals surface area contributed by atoms with Gasteiger partial charge in [-0.2, -0.15) is 0 Å². The van der Waals surface area contributed by atoms with E-state index in [1.54, 1.807) is 0 Å². The van der Waals surface area contributed by atoms with Crippen molar-refractivity contribution in [3.8, 4) is 0 Å². The molecule has 0 bridgehead atoms. The van der Waals surface area contributed by atoms with Crippen molar-refractivity contribution in [1.29, 1.82) is 0 Å². The molecule has 1 unspecified atom stereocenters. The van der Waals surface area contributed by atoms with Crippen LogP contribution in [-0.2, 0) is 9.47 Å². The van der Waals surface area contributed by atoms with E-state index in [0.717, 1.165) is 25.4 Å². The average molecular weight is 290 g/mol. The van der Waals surface area contributed by atoms with Crippen LogP contribution in [0.25, 0.3) is 0 Å². The molecule has 0 saturated heterocycles. The van der Waals surface area contributed by atoms with Crippen LogP contribution in [0, 0.1) is 5.92 Å². The second kappa shape index (κ2) is 18.9. The average Bonchev–Trinajstić information content (AvgIpc) is 2.46. The molecular formula is C17H38O3. The first-order valence-electron chi connectivity index (χ1n) is 8.61. The molecule has 0 aromatic heterocycles. The SMILES string of the molecule is CC.CCCOCCC(O)OCCC(CCC)CCC. The van der Waals surface area contributed by atoms with E-state index in [2.05, 4.69) is 20.8 Å². The van der Waals surface area contributed by atoms with E-state index >= 15 is 0 Å². The van der Waals surface area contributed by atoms with Gasteiger partial charge in [-0.25, -0.2) is 0 Å². The second-order valence-electron chi connectivity index (χ2n) is 4.96. The van der Waals surface area contributed by atoms with Gasteiger partial charge in [-0.15, -0.1) is 0 Å². The molecule has 0 saturated carbocycles. The summed E-state index contributed by atoms with van der Waals surface area (Å²) in [6.07, 6.45) is 7.01. The Hall–Kier alpha value is -0.120. The van der Waals surface area contributed by atoms with Gasteiger partial charge in [0.1, 0.15) is 0 Å². The summed E-state index contributed by atoms with van der Waals surface area (Å²) in [7, 11) is 0. The fraction of sp³-hybridized carbons (Fsp3) is 1.00. The Morgan fingerprint density at radius 2 is 1.35 bits per heavy atom. The van der Waals surface area contributed by atoms with Crippen LogP contribution in [0.2, 0.25) is 0 Å². The van der Waals surface area contributed by atoms with Crippen LogP contribution >= 0.6 is 0 Å². The predicted molar refractivity (Wildman–Crippen MR) is 87.0 cm³/mol. The first kappa shape index (κ1) is 22.2. The summed E-state index contributed by atoms with van der Waals surface area (Å²) in [5.41, 5.74) is 0. The molecule has 0 amide bonds. The molecule has 3 heteroatoms. The van der Waals surface area contributed by atoms with Crippen LogP contribution in [0.1, 0.15) is 79.6 Å². The van der Waals surface area contributed by atoms with Gasteiger partial charge < -0.3 is 14.6 Å². The smallest absolute Gasteiger partial charge is 0.156 e. The molecular weight excluding hydrogens is 252 g/mol. The van der Waals surface area contributed by atoms with Crippen LogP contribution in [0.4, 0.5) is 0 Å². The number of hydrogen-bond acceptors (Lipinski definition) is 3. The minimum atomic E-state index is -0.661. The lowest BCUT2D eigenvalue weighted by Crippen LogP contribution is -2.17. The number of rotatable bonds is 13. The monoisotopic (exact) mass is 290 g/mol. The second-order valence-corrected chi connectivity index (χ2v) is 4.96. The molecule has 0 aliphatic carbocycles. The van der Waals surface area contributed by atoms with Crippen LogP contribution in [-0.4, -0.2) is 31.2 Å². The summed E-state index contributed by atoms with van der Waals surface area (Å²) in [6.45, 7) is 12.5. The van der Waals surface area contributed by atoms with E-state index in [1.165, 1.54) is 25.7 Å². The molecule has 0 aromatic rings. The molecule has 20 heavy (non-hydrogen) atoms. The fourth-order valence-corrected chi connectivity index (χ4v) is 2.13. The van der Waals surface area contributed by atoms with Gasteiger partial charge in [0.25, 0.3) is 0 Å². The van der Waals surface area contributed by atoms with E-state index < -0.39 is 6.29 Å². The molecule has 3 nitrogen and oxygen atoms in total. The summed E-state index contributed by atoms with van der Waals surface area (Å²) in [5.74, 6) is 0.753. The molecule has 1 atom stereocenters. The lowest BCUT2D eigenvalue weighted by Gasteiger charge is -2.17. The molecule has 0 aromatic carbocycles. The van der Waals surface area contributed by atoms with Gasteiger partial charge in [0.2, 0.25) is 0 Å². The topological polar surface area (TPSA) is 38.7 Å². The maximum Gasteiger partial charge on any atom is 0.156 e. The standard InChI is InChI=1S/C15H32O3.C2H6/c1-4-7-14(8-5-2)9-13-18-15(16)10-12-17-11-6-3;1-2/h14-16H,4-13H2,1-3H3;1-2H3. The largest absolute Gasteiger partial charge is 0.381 e. The maximum absolute atomic E-state index is 9.62. The van der Waals surface area contributed by atoms with Crippen molar-refractivity contribution in [3.63, 3.8) is 0 Å². The Bertz CT molecular complexity index is 156. The van der Waals surface area contributed by atoms with Crippen molar-refractivity contribution >= 4 is 0 Å². The van der Waals surface area contributed by atoms with E-state index in [1.807, 2.05) is 13.8 Å². The lowest BCUT2D eigenvalue weighted by atomic mass is 9.95. The van der Waals surface area contributed by atoms with Crippen molar-refractivity contribution in [2.75, 3.05) is 19.8 Å². The third-order valence-corrected chi connectivity index (χ3v) is 3.09. The first-order chi connectivity index (χ1) is 9.74. The molecule has 0 radical (unpaired) electrons. The number of hydrogen-bond donors (Lipinski definition) is 1. The van der Waals surface area contributed by atoms with Gasteiger partial charge in [0.15, 0.2) is 6.29 Å². The highest BCUT2D eigenvalue weighted by Gasteiger charge is 2.09. The molecule has 0 heterocycles. The third kappa shape index (κ3) is 15.9. The van der Waals surface area contributed by atoms with E-state index in [9.17, 15) is 5.11 Å². The normalized spacial score (nSPS) is 12.2. The van der Waals surface area contributed by atoms with Gasteiger partial charge in [-0.05, 0) is 18.8 Å². The Balaban J connectivity index is 0. The quantitative estimate of drug-likeness (QED) is 0.392. The molecule has 0 rings (SSSR count). The maximum atomic E-state index is 9.62. The molecule has 0 aliphatic rings. The Morgan fingerprint density at radius 3 is 1.85 bits per heavy atom. The van der Waals surface area contributed by atoms with Crippen LogP contribution in [0.5, 0.6) is 0 Å². The van der Waals surface area contributed by atoms with Crippen LogP contribution in [0.15, 0.2) is 0 Å². The highest BCUT2D eigenvalue weighted by atomic mass is 16.6. The van der Waals surface area contributed by atoms with Crippen molar-refractivity contribution in [2.45, 2.75) is 85.9 Å².